The summed E-state index contributed by atoms with van der Waals surface area (Å²) in [5.41, 5.74) is 1.45. The molecule has 0 amide bonds. The smallest absolute Gasteiger partial charge is 0.0181 e. The Labute approximate surface area is 120 Å². The van der Waals surface area contributed by atoms with E-state index in [-0.39, 0.29) is 0 Å². The molecular formula is C19H31. The second kappa shape index (κ2) is 11.1. The van der Waals surface area contributed by atoms with Gasteiger partial charge in [0.25, 0.3) is 0 Å². The van der Waals surface area contributed by atoms with E-state index in [0.29, 0.717) is 5.92 Å². The second-order valence-electron chi connectivity index (χ2n) is 5.85. The molecule has 1 atom stereocenters. The van der Waals surface area contributed by atoms with E-state index in [4.69, 9.17) is 0 Å². The van der Waals surface area contributed by atoms with Crippen molar-refractivity contribution < 1.29 is 0 Å². The molecule has 107 valence electrons. The fourth-order valence-corrected chi connectivity index (χ4v) is 2.64. The molecule has 0 N–H and O–H groups in total. The Balaban J connectivity index is 1.93. The van der Waals surface area contributed by atoms with Crippen LogP contribution in [0.1, 0.15) is 89.5 Å². The molecule has 1 unspecified atom stereocenters. The third-order valence-electron chi connectivity index (χ3n) is 4.04. The van der Waals surface area contributed by atoms with E-state index in [0.717, 1.165) is 0 Å². The minimum absolute atomic E-state index is 0.696. The van der Waals surface area contributed by atoms with Crippen LogP contribution in [0.15, 0.2) is 24.3 Å². The van der Waals surface area contributed by atoms with Gasteiger partial charge < -0.3 is 0 Å². The van der Waals surface area contributed by atoms with E-state index in [1.807, 2.05) is 6.07 Å². The van der Waals surface area contributed by atoms with Crippen LogP contribution < -0.4 is 0 Å². The molecule has 1 aromatic carbocycles. The largest absolute Gasteiger partial charge is 0.0654 e. The molecule has 0 fully saturated rings. The second-order valence-corrected chi connectivity index (χ2v) is 5.85. The molecule has 0 aromatic heterocycles. The Hall–Kier alpha value is -0.780. The molecule has 0 saturated heterocycles. The lowest BCUT2D eigenvalue weighted by Gasteiger charge is -2.11. The molecule has 0 aliphatic heterocycles. The predicted molar refractivity (Wildman–Crippen MR) is 85.5 cm³/mol. The van der Waals surface area contributed by atoms with Gasteiger partial charge in [-0.1, -0.05) is 95.9 Å². The third-order valence-corrected chi connectivity index (χ3v) is 4.04. The van der Waals surface area contributed by atoms with Crippen molar-refractivity contribution in [2.24, 2.45) is 0 Å². The fourth-order valence-electron chi connectivity index (χ4n) is 2.64. The zero-order valence-electron chi connectivity index (χ0n) is 13.0. The third kappa shape index (κ3) is 8.08. The van der Waals surface area contributed by atoms with Gasteiger partial charge in [-0.05, 0) is 24.0 Å². The van der Waals surface area contributed by atoms with Crippen molar-refractivity contribution in [2.75, 3.05) is 0 Å². The number of rotatable bonds is 11. The standard InChI is InChI=1S/C19H31/c1-3-4-5-6-7-8-9-10-12-15-18(2)19-16-13-11-14-17-19/h11,13,16-18H,3-10,12,15H2,1-2H3. The van der Waals surface area contributed by atoms with Gasteiger partial charge in [0.1, 0.15) is 0 Å². The molecule has 1 rings (SSSR count). The van der Waals surface area contributed by atoms with Gasteiger partial charge in [0.05, 0.1) is 0 Å². The Morgan fingerprint density at radius 2 is 1.58 bits per heavy atom. The van der Waals surface area contributed by atoms with Gasteiger partial charge in [0.2, 0.25) is 0 Å². The highest BCUT2D eigenvalue weighted by molar-refractivity contribution is 5.17. The monoisotopic (exact) mass is 259 g/mol. The van der Waals surface area contributed by atoms with Gasteiger partial charge in [-0.15, -0.1) is 0 Å². The zero-order valence-corrected chi connectivity index (χ0v) is 13.0. The van der Waals surface area contributed by atoms with Gasteiger partial charge in [0, 0.05) is 0 Å². The molecular weight excluding hydrogens is 228 g/mol. The number of hydrogen-bond donors (Lipinski definition) is 0. The van der Waals surface area contributed by atoms with Crippen LogP contribution in [0.3, 0.4) is 0 Å². The average molecular weight is 259 g/mol. The lowest BCUT2D eigenvalue weighted by atomic mass is 9.95. The molecule has 0 saturated carbocycles. The summed E-state index contributed by atoms with van der Waals surface area (Å²) in [6.45, 7) is 4.62. The summed E-state index contributed by atoms with van der Waals surface area (Å²) in [5.74, 6) is 0.696. The fraction of sp³-hybridized carbons (Fsp3) is 0.684. The van der Waals surface area contributed by atoms with Crippen molar-refractivity contribution in [1.82, 2.24) is 0 Å². The lowest BCUT2D eigenvalue weighted by Crippen LogP contribution is -1.93. The summed E-state index contributed by atoms with van der Waals surface area (Å²) in [6, 6.07) is 11.6. The minimum atomic E-state index is 0.696. The van der Waals surface area contributed by atoms with Crippen molar-refractivity contribution in [2.45, 2.75) is 84.0 Å². The van der Waals surface area contributed by atoms with Crippen LogP contribution >= 0.6 is 0 Å². The molecule has 0 spiro atoms. The number of hydrogen-bond acceptors (Lipinski definition) is 0. The summed E-state index contributed by atoms with van der Waals surface area (Å²) < 4.78 is 0. The van der Waals surface area contributed by atoms with Crippen LogP contribution in [-0.4, -0.2) is 0 Å². The summed E-state index contributed by atoms with van der Waals surface area (Å²) in [5, 5.41) is 0. The van der Waals surface area contributed by atoms with Gasteiger partial charge in [0.15, 0.2) is 0 Å². The molecule has 0 bridgehead atoms. The van der Waals surface area contributed by atoms with Crippen LogP contribution in [0.25, 0.3) is 0 Å². The van der Waals surface area contributed by atoms with E-state index in [9.17, 15) is 0 Å². The molecule has 19 heavy (non-hydrogen) atoms. The Morgan fingerprint density at radius 1 is 0.947 bits per heavy atom. The highest BCUT2D eigenvalue weighted by atomic mass is 14.1. The van der Waals surface area contributed by atoms with Crippen LogP contribution in [0.5, 0.6) is 0 Å². The molecule has 0 aliphatic carbocycles. The minimum Gasteiger partial charge on any atom is -0.0654 e. The van der Waals surface area contributed by atoms with Crippen molar-refractivity contribution >= 4 is 0 Å². The topological polar surface area (TPSA) is 0 Å². The Kier molecular flexibility index (Phi) is 9.49. The van der Waals surface area contributed by atoms with E-state index in [1.165, 1.54) is 69.8 Å². The molecule has 0 aliphatic rings. The van der Waals surface area contributed by atoms with E-state index >= 15 is 0 Å². The summed E-state index contributed by atoms with van der Waals surface area (Å²) in [6.07, 6.45) is 14.1. The number of unbranched alkanes of at least 4 members (excludes halogenated alkanes) is 8. The maximum absolute atomic E-state index is 3.18. The summed E-state index contributed by atoms with van der Waals surface area (Å²) in [7, 11) is 0. The first kappa shape index (κ1) is 16.3. The van der Waals surface area contributed by atoms with Crippen molar-refractivity contribution in [1.29, 1.82) is 0 Å². The van der Waals surface area contributed by atoms with E-state index < -0.39 is 0 Å². The summed E-state index contributed by atoms with van der Waals surface area (Å²) >= 11 is 0. The predicted octanol–water partition coefficient (Wildman–Crippen LogP) is 6.51. The quantitative estimate of drug-likeness (QED) is 0.397. The normalized spacial score (nSPS) is 12.5. The first-order valence-electron chi connectivity index (χ1n) is 8.30. The van der Waals surface area contributed by atoms with Gasteiger partial charge in [-0.3, -0.25) is 0 Å². The van der Waals surface area contributed by atoms with Crippen molar-refractivity contribution in [3.63, 3.8) is 0 Å². The van der Waals surface area contributed by atoms with E-state index in [1.54, 1.807) is 0 Å². The maximum Gasteiger partial charge on any atom is -0.0181 e. The van der Waals surface area contributed by atoms with Crippen LogP contribution in [-0.2, 0) is 0 Å². The van der Waals surface area contributed by atoms with Gasteiger partial charge in [-0.25, -0.2) is 0 Å². The SMILES string of the molecule is CCCCCCCCCCCC(C)c1c[c]ccc1. The number of benzene rings is 1. The first-order valence-corrected chi connectivity index (χ1v) is 8.30. The highest BCUT2D eigenvalue weighted by Crippen LogP contribution is 2.21. The molecule has 0 nitrogen and oxygen atoms in total. The lowest BCUT2D eigenvalue weighted by molar-refractivity contribution is 0.538. The molecule has 1 aromatic rings. The van der Waals surface area contributed by atoms with Crippen LogP contribution in [0, 0.1) is 6.07 Å². The Bertz CT molecular complexity index is 288. The van der Waals surface area contributed by atoms with Crippen molar-refractivity contribution in [3.05, 3.63) is 35.9 Å². The maximum atomic E-state index is 3.18. The summed E-state index contributed by atoms with van der Waals surface area (Å²) in [4.78, 5) is 0. The van der Waals surface area contributed by atoms with Gasteiger partial charge >= 0.3 is 0 Å². The Morgan fingerprint density at radius 3 is 2.16 bits per heavy atom. The van der Waals surface area contributed by atoms with Crippen molar-refractivity contribution in [3.8, 4) is 0 Å². The van der Waals surface area contributed by atoms with Crippen LogP contribution in [0.2, 0.25) is 0 Å². The highest BCUT2D eigenvalue weighted by Gasteiger charge is 2.03. The van der Waals surface area contributed by atoms with E-state index in [2.05, 4.69) is 38.1 Å². The average Bonchev–Trinajstić information content (AvgIpc) is 2.46. The molecule has 1 radical (unpaired) electrons. The molecule has 0 heterocycles. The van der Waals surface area contributed by atoms with Gasteiger partial charge in [-0.2, -0.15) is 0 Å². The van der Waals surface area contributed by atoms with Crippen LogP contribution in [0.4, 0.5) is 0 Å². The first-order chi connectivity index (χ1) is 9.34. The molecule has 0 heteroatoms. The zero-order chi connectivity index (χ0) is 13.8.